The molecule has 150 valence electrons. The molecule has 0 saturated carbocycles. The van der Waals surface area contributed by atoms with Crippen LogP contribution < -0.4 is 0 Å². The lowest BCUT2D eigenvalue weighted by Gasteiger charge is -2.34. The molecule has 4 heterocycles. The van der Waals surface area contributed by atoms with Crippen LogP contribution in [0.5, 0.6) is 0 Å². The van der Waals surface area contributed by atoms with Gasteiger partial charge in [-0.2, -0.15) is 4.98 Å². The zero-order valence-corrected chi connectivity index (χ0v) is 16.9. The average molecular weight is 397 g/mol. The summed E-state index contributed by atoms with van der Waals surface area (Å²) in [4.78, 5) is 15.1. The van der Waals surface area contributed by atoms with E-state index in [1.54, 1.807) is 0 Å². The minimum atomic E-state index is 0.508. The van der Waals surface area contributed by atoms with Gasteiger partial charge in [0.1, 0.15) is 5.69 Å². The van der Waals surface area contributed by atoms with Gasteiger partial charge in [0, 0.05) is 42.8 Å². The topological polar surface area (TPSA) is 70.8 Å². The van der Waals surface area contributed by atoms with Crippen molar-refractivity contribution in [3.63, 3.8) is 0 Å². The number of benzene rings is 1. The number of aromatic nitrogens is 4. The quantitative estimate of drug-likeness (QED) is 0.567. The lowest BCUT2D eigenvalue weighted by molar-refractivity contribution is 0.183. The normalized spacial score (nSPS) is 16.6. The first-order valence-corrected chi connectivity index (χ1v) is 10.5. The van der Waals surface area contributed by atoms with Crippen molar-refractivity contribution >= 4 is 0 Å². The van der Waals surface area contributed by atoms with Gasteiger partial charge in [0.15, 0.2) is 0 Å². The van der Waals surface area contributed by atoms with Crippen LogP contribution in [0.2, 0.25) is 0 Å². The molecule has 4 aromatic rings. The summed E-state index contributed by atoms with van der Waals surface area (Å²) < 4.78 is 5.52. The molecule has 0 radical (unpaired) electrons. The van der Waals surface area contributed by atoms with Gasteiger partial charge in [0.2, 0.25) is 5.82 Å². The van der Waals surface area contributed by atoms with Crippen molar-refractivity contribution in [3.8, 4) is 23.0 Å². The number of hydrogen-bond donors (Lipinski definition) is 1. The fourth-order valence-corrected chi connectivity index (χ4v) is 4.97. The van der Waals surface area contributed by atoms with Crippen LogP contribution in [0, 0.1) is 6.92 Å². The number of nitrogens with one attached hydrogen (secondary N) is 1. The molecule has 0 atom stereocenters. The summed E-state index contributed by atoms with van der Waals surface area (Å²) in [5.74, 6) is 1.14. The van der Waals surface area contributed by atoms with E-state index in [1.807, 2.05) is 31.5 Å². The Hall–Kier alpha value is -3.25. The Bertz CT molecular complexity index is 1190. The summed E-state index contributed by atoms with van der Waals surface area (Å²) in [7, 11) is 0. The minimum absolute atomic E-state index is 0.508. The molecule has 1 N–H and O–H groups in total. The van der Waals surface area contributed by atoms with Crippen molar-refractivity contribution in [3.05, 3.63) is 76.7 Å². The molecule has 0 fully saturated rings. The number of H-pyrrole nitrogens is 1. The minimum Gasteiger partial charge on any atom is -0.357 e. The highest BCUT2D eigenvalue weighted by Crippen LogP contribution is 2.34. The second-order valence-electron chi connectivity index (χ2n) is 8.28. The summed E-state index contributed by atoms with van der Waals surface area (Å²) >= 11 is 0. The molecule has 0 amide bonds. The van der Waals surface area contributed by atoms with Crippen molar-refractivity contribution in [2.45, 2.75) is 38.8 Å². The van der Waals surface area contributed by atoms with E-state index >= 15 is 0 Å². The number of nitrogens with zero attached hydrogens (tertiary/aromatic N) is 4. The van der Waals surface area contributed by atoms with Gasteiger partial charge in [0.05, 0.1) is 0 Å². The summed E-state index contributed by atoms with van der Waals surface area (Å²) in [5.41, 5.74) is 8.41. The van der Waals surface area contributed by atoms with Crippen LogP contribution >= 0.6 is 0 Å². The van der Waals surface area contributed by atoms with E-state index in [1.165, 1.54) is 22.3 Å². The monoisotopic (exact) mass is 397 g/mol. The van der Waals surface area contributed by atoms with Crippen molar-refractivity contribution in [2.75, 3.05) is 6.54 Å². The predicted octanol–water partition coefficient (Wildman–Crippen LogP) is 3.96. The fraction of sp³-hybridized carbons (Fsp3) is 0.292. The Kier molecular flexibility index (Phi) is 4.06. The molecule has 1 aliphatic heterocycles. The molecule has 1 aromatic carbocycles. The summed E-state index contributed by atoms with van der Waals surface area (Å²) in [6.45, 7) is 4.00. The second kappa shape index (κ2) is 6.92. The van der Waals surface area contributed by atoms with Crippen LogP contribution in [0.1, 0.15) is 27.9 Å². The Morgan fingerprint density at radius 2 is 1.90 bits per heavy atom. The first-order valence-electron chi connectivity index (χ1n) is 10.5. The largest absolute Gasteiger partial charge is 0.357 e. The highest BCUT2D eigenvalue weighted by atomic mass is 16.5. The van der Waals surface area contributed by atoms with Gasteiger partial charge in [-0.15, -0.1) is 0 Å². The number of aromatic amines is 1. The molecule has 3 aromatic heterocycles. The number of aryl methyl sites for hydroxylation is 1. The molecule has 0 unspecified atom stereocenters. The van der Waals surface area contributed by atoms with Crippen LogP contribution in [0.25, 0.3) is 23.0 Å². The van der Waals surface area contributed by atoms with Crippen molar-refractivity contribution in [1.29, 1.82) is 0 Å². The molecule has 6 heteroatoms. The van der Waals surface area contributed by atoms with Gasteiger partial charge in [-0.1, -0.05) is 29.4 Å². The molecule has 0 spiro atoms. The lowest BCUT2D eigenvalue weighted by Crippen LogP contribution is -2.40. The summed E-state index contributed by atoms with van der Waals surface area (Å²) in [6, 6.07) is 13.3. The number of hydrogen-bond acceptors (Lipinski definition) is 5. The molecular weight excluding hydrogens is 374 g/mol. The lowest BCUT2D eigenvalue weighted by atomic mass is 9.93. The Balaban J connectivity index is 1.30. The van der Waals surface area contributed by atoms with Crippen molar-refractivity contribution in [2.24, 2.45) is 0 Å². The van der Waals surface area contributed by atoms with E-state index in [-0.39, 0.29) is 0 Å². The van der Waals surface area contributed by atoms with Crippen molar-refractivity contribution < 1.29 is 4.52 Å². The third-order valence-corrected chi connectivity index (χ3v) is 6.51. The molecular formula is C24H23N5O. The maximum atomic E-state index is 5.52. The molecule has 0 saturated heterocycles. The van der Waals surface area contributed by atoms with Gasteiger partial charge in [-0.05, 0) is 60.6 Å². The van der Waals surface area contributed by atoms with E-state index in [2.05, 4.69) is 49.3 Å². The fourth-order valence-electron chi connectivity index (χ4n) is 4.97. The van der Waals surface area contributed by atoms with Gasteiger partial charge in [-0.3, -0.25) is 9.88 Å². The highest BCUT2D eigenvalue weighted by Gasteiger charge is 2.31. The Morgan fingerprint density at radius 3 is 2.67 bits per heavy atom. The first-order chi connectivity index (χ1) is 14.8. The molecule has 6 rings (SSSR count). The molecule has 1 aliphatic carbocycles. The van der Waals surface area contributed by atoms with Gasteiger partial charge in [0.25, 0.3) is 5.89 Å². The summed E-state index contributed by atoms with van der Waals surface area (Å²) in [5, 5.41) is 4.28. The van der Waals surface area contributed by atoms with E-state index in [4.69, 9.17) is 4.52 Å². The van der Waals surface area contributed by atoms with E-state index < -0.39 is 0 Å². The predicted molar refractivity (Wildman–Crippen MR) is 114 cm³/mol. The molecule has 2 aliphatic rings. The van der Waals surface area contributed by atoms with Gasteiger partial charge in [-0.25, -0.2) is 0 Å². The van der Waals surface area contributed by atoms with Crippen LogP contribution in [-0.4, -0.2) is 37.6 Å². The van der Waals surface area contributed by atoms with Crippen molar-refractivity contribution in [1.82, 2.24) is 25.0 Å². The Morgan fingerprint density at radius 1 is 1.07 bits per heavy atom. The second-order valence-corrected chi connectivity index (χ2v) is 8.28. The molecule has 6 nitrogen and oxygen atoms in total. The maximum absolute atomic E-state index is 5.52. The smallest absolute Gasteiger partial charge is 0.274 e. The SMILES string of the molecule is Cc1ncc2c(c1-c1noc(-c3ccc[nH]3)n1)CCN(C1Cc3ccccc3C1)C2. The van der Waals surface area contributed by atoms with Crippen LogP contribution in [0.15, 0.2) is 53.3 Å². The Labute approximate surface area is 175 Å². The van der Waals surface area contributed by atoms with E-state index in [0.29, 0.717) is 17.8 Å². The van der Waals surface area contributed by atoms with Crippen LogP contribution in [0.4, 0.5) is 0 Å². The third kappa shape index (κ3) is 2.87. The zero-order chi connectivity index (χ0) is 20.1. The molecule has 30 heavy (non-hydrogen) atoms. The van der Waals surface area contributed by atoms with E-state index in [0.717, 1.165) is 49.3 Å². The zero-order valence-electron chi connectivity index (χ0n) is 16.9. The third-order valence-electron chi connectivity index (χ3n) is 6.51. The highest BCUT2D eigenvalue weighted by molar-refractivity contribution is 5.66. The van der Waals surface area contributed by atoms with Gasteiger partial charge >= 0.3 is 0 Å². The maximum Gasteiger partial charge on any atom is 0.274 e. The van der Waals surface area contributed by atoms with E-state index in [9.17, 15) is 0 Å². The average Bonchev–Trinajstić information content (AvgIpc) is 3.53. The summed E-state index contributed by atoms with van der Waals surface area (Å²) in [6.07, 6.45) is 7.15. The number of pyridine rings is 1. The number of fused-ring (bicyclic) bond motifs is 2. The van der Waals surface area contributed by atoms with Gasteiger partial charge < -0.3 is 9.51 Å². The molecule has 0 bridgehead atoms. The van der Waals surface area contributed by atoms with Crippen LogP contribution in [-0.2, 0) is 25.8 Å². The standard InChI is InChI=1S/C24H23N5O/c1-15-22(23-27-24(30-28-23)21-7-4-9-25-21)20-8-10-29(14-18(20)13-26-15)19-11-16-5-2-3-6-17(16)12-19/h2-7,9,13,19,25H,8,10-12,14H2,1H3. The first kappa shape index (κ1) is 17.6. The van der Waals surface area contributed by atoms with Crippen LogP contribution in [0.3, 0.4) is 0 Å². The number of rotatable bonds is 3.